The Bertz CT molecular complexity index is 522. The maximum atomic E-state index is 12.3. The van der Waals surface area contributed by atoms with Gasteiger partial charge in [-0.3, -0.25) is 4.79 Å². The lowest BCUT2D eigenvalue weighted by molar-refractivity contribution is 0.0765. The molecule has 3 heteroatoms. The lowest BCUT2D eigenvalue weighted by Gasteiger charge is -2.25. The zero-order valence-electron chi connectivity index (χ0n) is 15.2. The molecule has 0 fully saturated rings. The van der Waals surface area contributed by atoms with Crippen molar-refractivity contribution in [2.24, 2.45) is 0 Å². The molecule has 0 unspecified atom stereocenters. The van der Waals surface area contributed by atoms with E-state index in [9.17, 15) is 4.79 Å². The molecular weight excluding hydrogens is 288 g/mol. The molecule has 0 aliphatic heterocycles. The van der Waals surface area contributed by atoms with Crippen molar-refractivity contribution in [1.29, 1.82) is 0 Å². The molecule has 0 aliphatic carbocycles. The second kappa shape index (κ2) is 10.8. The Labute approximate surface area is 140 Å². The quantitative estimate of drug-likeness (QED) is 0.439. The van der Waals surface area contributed by atoms with Gasteiger partial charge in [0, 0.05) is 24.2 Å². The minimum absolute atomic E-state index is 0.00299. The van der Waals surface area contributed by atoms with E-state index >= 15 is 0 Å². The average Bonchev–Trinajstić information content (AvgIpc) is 2.54. The van der Waals surface area contributed by atoms with E-state index in [0.29, 0.717) is 23.3 Å². The highest BCUT2D eigenvalue weighted by molar-refractivity contribution is 6.10. The standard InChI is InChI=1S/C18H24O3.C2H6/c1-5-7-14(6-2)17(20)15-8-10-16(11-9-15)21-18(3,4)12-13-19;1-2/h5-11,19H,12-13H2,1-4H3;1-2H3/b7-5-,14-6+;. The topological polar surface area (TPSA) is 46.5 Å². The van der Waals surface area contributed by atoms with Crippen LogP contribution in [0.1, 0.15) is 58.3 Å². The van der Waals surface area contributed by atoms with Gasteiger partial charge in [0.1, 0.15) is 11.4 Å². The normalized spacial score (nSPS) is 11.9. The molecule has 0 atom stereocenters. The first kappa shape index (κ1) is 21.1. The predicted molar refractivity (Wildman–Crippen MR) is 97.1 cm³/mol. The molecular formula is C20H30O3. The summed E-state index contributed by atoms with van der Waals surface area (Å²) >= 11 is 0. The first-order chi connectivity index (χ1) is 10.9. The fourth-order valence-corrected chi connectivity index (χ4v) is 1.96. The van der Waals surface area contributed by atoms with Crippen LogP contribution < -0.4 is 4.74 Å². The van der Waals surface area contributed by atoms with Gasteiger partial charge in [0.25, 0.3) is 0 Å². The van der Waals surface area contributed by atoms with Crippen molar-refractivity contribution in [2.75, 3.05) is 6.61 Å². The van der Waals surface area contributed by atoms with Crippen LogP contribution >= 0.6 is 0 Å². The van der Waals surface area contributed by atoms with Gasteiger partial charge in [0.2, 0.25) is 0 Å². The summed E-state index contributed by atoms with van der Waals surface area (Å²) in [4.78, 5) is 12.3. The summed E-state index contributed by atoms with van der Waals surface area (Å²) in [7, 11) is 0. The van der Waals surface area contributed by atoms with E-state index in [0.717, 1.165) is 0 Å². The molecule has 3 nitrogen and oxygen atoms in total. The first-order valence-corrected chi connectivity index (χ1v) is 8.17. The van der Waals surface area contributed by atoms with E-state index < -0.39 is 5.60 Å². The van der Waals surface area contributed by atoms with E-state index in [1.807, 2.05) is 47.6 Å². The number of rotatable bonds is 7. The van der Waals surface area contributed by atoms with Crippen molar-refractivity contribution >= 4 is 5.78 Å². The lowest BCUT2D eigenvalue weighted by atomic mass is 10.0. The summed E-state index contributed by atoms with van der Waals surface area (Å²) in [5.74, 6) is 0.690. The van der Waals surface area contributed by atoms with Gasteiger partial charge in [-0.15, -0.1) is 0 Å². The number of ether oxygens (including phenoxy) is 1. The number of allylic oxidation sites excluding steroid dienone is 4. The molecule has 0 radical (unpaired) electrons. The molecule has 23 heavy (non-hydrogen) atoms. The third kappa shape index (κ3) is 7.29. The second-order valence-corrected chi connectivity index (χ2v) is 5.43. The summed E-state index contributed by atoms with van der Waals surface area (Å²) in [6.07, 6.45) is 6.01. The molecule has 0 bridgehead atoms. The first-order valence-electron chi connectivity index (χ1n) is 8.17. The van der Waals surface area contributed by atoms with E-state index in [4.69, 9.17) is 9.84 Å². The van der Waals surface area contributed by atoms with Gasteiger partial charge in [-0.25, -0.2) is 0 Å². The van der Waals surface area contributed by atoms with Crippen LogP contribution in [0.3, 0.4) is 0 Å². The molecule has 0 aromatic heterocycles. The van der Waals surface area contributed by atoms with Gasteiger partial charge < -0.3 is 9.84 Å². The van der Waals surface area contributed by atoms with Crippen LogP contribution in [-0.4, -0.2) is 23.1 Å². The van der Waals surface area contributed by atoms with Crippen LogP contribution in [0.2, 0.25) is 0 Å². The Hall–Kier alpha value is -1.87. The summed E-state index contributed by atoms with van der Waals surface area (Å²) in [6, 6.07) is 7.10. The molecule has 128 valence electrons. The Morgan fingerprint density at radius 1 is 1.17 bits per heavy atom. The Balaban J connectivity index is 0.00000232. The monoisotopic (exact) mass is 318 g/mol. The molecule has 0 amide bonds. The van der Waals surface area contributed by atoms with E-state index in [1.54, 1.807) is 36.4 Å². The van der Waals surface area contributed by atoms with Crippen molar-refractivity contribution in [3.05, 3.63) is 53.6 Å². The van der Waals surface area contributed by atoms with Crippen LogP contribution in [0.4, 0.5) is 0 Å². The second-order valence-electron chi connectivity index (χ2n) is 5.43. The van der Waals surface area contributed by atoms with Crippen LogP contribution in [0.25, 0.3) is 0 Å². The number of ketones is 1. The maximum absolute atomic E-state index is 12.3. The van der Waals surface area contributed by atoms with Crippen molar-refractivity contribution in [2.45, 2.75) is 53.6 Å². The lowest BCUT2D eigenvalue weighted by Crippen LogP contribution is -2.29. The minimum Gasteiger partial charge on any atom is -0.488 e. The van der Waals surface area contributed by atoms with Crippen LogP contribution in [0.15, 0.2) is 48.1 Å². The number of benzene rings is 1. The van der Waals surface area contributed by atoms with Gasteiger partial charge in [0.15, 0.2) is 5.78 Å². The van der Waals surface area contributed by atoms with Crippen LogP contribution in [-0.2, 0) is 0 Å². The molecule has 0 saturated heterocycles. The van der Waals surface area contributed by atoms with Crippen molar-refractivity contribution in [3.8, 4) is 5.75 Å². The highest BCUT2D eigenvalue weighted by Crippen LogP contribution is 2.22. The molecule has 0 saturated carbocycles. The predicted octanol–water partition coefficient (Wildman–Crippen LogP) is 4.96. The molecule has 1 N–H and O–H groups in total. The van der Waals surface area contributed by atoms with E-state index in [1.165, 1.54) is 0 Å². The van der Waals surface area contributed by atoms with Crippen molar-refractivity contribution < 1.29 is 14.6 Å². The number of aliphatic hydroxyl groups excluding tert-OH is 1. The number of Topliss-reactive ketones (excluding diaryl/α,β-unsaturated/α-hetero) is 1. The fraction of sp³-hybridized carbons (Fsp3) is 0.450. The fourth-order valence-electron chi connectivity index (χ4n) is 1.96. The van der Waals surface area contributed by atoms with Crippen molar-refractivity contribution in [3.63, 3.8) is 0 Å². The number of hydrogen-bond donors (Lipinski definition) is 1. The number of carbonyl (C=O) groups is 1. The smallest absolute Gasteiger partial charge is 0.192 e. The maximum Gasteiger partial charge on any atom is 0.192 e. The number of aliphatic hydroxyl groups is 1. The molecule has 0 heterocycles. The Morgan fingerprint density at radius 3 is 2.17 bits per heavy atom. The third-order valence-electron chi connectivity index (χ3n) is 3.14. The largest absolute Gasteiger partial charge is 0.488 e. The minimum atomic E-state index is -0.431. The average molecular weight is 318 g/mol. The van der Waals surface area contributed by atoms with Gasteiger partial charge in [0.05, 0.1) is 0 Å². The van der Waals surface area contributed by atoms with E-state index in [-0.39, 0.29) is 12.4 Å². The van der Waals surface area contributed by atoms with Gasteiger partial charge in [-0.2, -0.15) is 0 Å². The summed E-state index contributed by atoms with van der Waals surface area (Å²) in [5, 5.41) is 9.00. The number of hydrogen-bond acceptors (Lipinski definition) is 3. The summed E-state index contributed by atoms with van der Waals surface area (Å²) in [5.41, 5.74) is 0.875. The summed E-state index contributed by atoms with van der Waals surface area (Å²) < 4.78 is 5.81. The van der Waals surface area contributed by atoms with Crippen LogP contribution in [0.5, 0.6) is 5.75 Å². The summed E-state index contributed by atoms with van der Waals surface area (Å²) in [6.45, 7) is 11.7. The third-order valence-corrected chi connectivity index (χ3v) is 3.14. The molecule has 1 rings (SSSR count). The van der Waals surface area contributed by atoms with Gasteiger partial charge in [-0.05, 0) is 52.0 Å². The van der Waals surface area contributed by atoms with Gasteiger partial charge in [-0.1, -0.05) is 32.1 Å². The SMILES string of the molecule is C/C=C\C(=C/C)C(=O)c1ccc(OC(C)(C)CCO)cc1.CC. The number of carbonyl (C=O) groups excluding carboxylic acids is 1. The Kier molecular flexibility index (Phi) is 9.91. The highest BCUT2D eigenvalue weighted by Gasteiger charge is 2.19. The molecule has 1 aromatic rings. The zero-order valence-corrected chi connectivity index (χ0v) is 15.2. The molecule has 0 spiro atoms. The van der Waals surface area contributed by atoms with Gasteiger partial charge >= 0.3 is 0 Å². The molecule has 1 aromatic carbocycles. The van der Waals surface area contributed by atoms with E-state index in [2.05, 4.69) is 0 Å². The van der Waals surface area contributed by atoms with Crippen molar-refractivity contribution in [1.82, 2.24) is 0 Å². The Morgan fingerprint density at radius 2 is 1.74 bits per heavy atom. The zero-order chi connectivity index (χ0) is 17.9. The molecule has 0 aliphatic rings. The van der Waals surface area contributed by atoms with Crippen LogP contribution in [0, 0.1) is 0 Å². The highest BCUT2D eigenvalue weighted by atomic mass is 16.5.